The molecule has 0 saturated carbocycles. The maximum absolute atomic E-state index is 12.8. The van der Waals surface area contributed by atoms with Gasteiger partial charge in [0.05, 0.1) is 0 Å². The van der Waals surface area contributed by atoms with E-state index >= 15 is 0 Å². The minimum Gasteiger partial charge on any atom is -0.416 e. The highest BCUT2D eigenvalue weighted by atomic mass is 16.4. The summed E-state index contributed by atoms with van der Waals surface area (Å²) in [5, 5.41) is 11.4. The lowest BCUT2D eigenvalue weighted by molar-refractivity contribution is 0.0951. The number of nitrogens with one attached hydrogen (secondary N) is 1. The van der Waals surface area contributed by atoms with Crippen LogP contribution in [0.5, 0.6) is 0 Å². The highest BCUT2D eigenvalue weighted by Gasteiger charge is 2.17. The molecule has 0 spiro atoms. The normalized spacial score (nSPS) is 13.6. The molecular formula is C27H27N5O2. The fraction of sp³-hybridized carbons (Fsp3) is 0.259. The van der Waals surface area contributed by atoms with Crippen LogP contribution in [0.25, 0.3) is 22.9 Å². The van der Waals surface area contributed by atoms with Gasteiger partial charge < -0.3 is 14.6 Å². The molecule has 34 heavy (non-hydrogen) atoms. The van der Waals surface area contributed by atoms with E-state index in [0.29, 0.717) is 23.9 Å². The number of anilines is 1. The average Bonchev–Trinajstić information content (AvgIpc) is 3.38. The first kappa shape index (κ1) is 21.8. The number of hydrogen-bond acceptors (Lipinski definition) is 6. The minimum absolute atomic E-state index is 0.133. The second-order valence-electron chi connectivity index (χ2n) is 8.52. The maximum Gasteiger partial charge on any atom is 0.251 e. The van der Waals surface area contributed by atoms with Gasteiger partial charge in [0.15, 0.2) is 0 Å². The van der Waals surface area contributed by atoms with E-state index in [2.05, 4.69) is 25.4 Å². The summed E-state index contributed by atoms with van der Waals surface area (Å²) in [4.78, 5) is 19.7. The summed E-state index contributed by atoms with van der Waals surface area (Å²) >= 11 is 0. The molecule has 1 aliphatic rings. The highest BCUT2D eigenvalue weighted by Crippen LogP contribution is 2.26. The predicted octanol–water partition coefficient (Wildman–Crippen LogP) is 5.03. The van der Waals surface area contributed by atoms with Crippen molar-refractivity contribution in [3.05, 3.63) is 83.6 Å². The molecule has 0 unspecified atom stereocenters. The summed E-state index contributed by atoms with van der Waals surface area (Å²) in [6, 6.07) is 19.0. The van der Waals surface area contributed by atoms with Crippen LogP contribution in [-0.4, -0.2) is 34.2 Å². The summed E-state index contributed by atoms with van der Waals surface area (Å²) in [6.07, 6.45) is 5.45. The zero-order chi connectivity index (χ0) is 23.3. The number of piperidine rings is 1. The van der Waals surface area contributed by atoms with Gasteiger partial charge in [0, 0.05) is 48.1 Å². The Labute approximate surface area is 198 Å². The molecule has 7 nitrogen and oxygen atoms in total. The van der Waals surface area contributed by atoms with Crippen molar-refractivity contribution in [3.8, 4) is 22.9 Å². The summed E-state index contributed by atoms with van der Waals surface area (Å²) in [7, 11) is 0. The third-order valence-electron chi connectivity index (χ3n) is 6.16. The van der Waals surface area contributed by atoms with E-state index < -0.39 is 0 Å². The number of aryl methyl sites for hydroxylation is 1. The van der Waals surface area contributed by atoms with Gasteiger partial charge in [-0.15, -0.1) is 10.2 Å². The molecule has 1 fully saturated rings. The van der Waals surface area contributed by atoms with Crippen LogP contribution in [-0.2, 0) is 6.54 Å². The Kier molecular flexibility index (Phi) is 6.33. The second kappa shape index (κ2) is 9.87. The fourth-order valence-corrected chi connectivity index (χ4v) is 4.26. The molecule has 0 bridgehead atoms. The lowest BCUT2D eigenvalue weighted by Crippen LogP contribution is -2.32. The van der Waals surface area contributed by atoms with Gasteiger partial charge in [0.25, 0.3) is 5.91 Å². The van der Waals surface area contributed by atoms with Gasteiger partial charge in [-0.3, -0.25) is 4.79 Å². The van der Waals surface area contributed by atoms with Gasteiger partial charge in [0.2, 0.25) is 11.8 Å². The number of pyridine rings is 1. The van der Waals surface area contributed by atoms with E-state index in [-0.39, 0.29) is 5.91 Å². The molecule has 1 saturated heterocycles. The van der Waals surface area contributed by atoms with Crippen molar-refractivity contribution < 1.29 is 9.21 Å². The molecule has 2 aromatic heterocycles. The number of amides is 1. The van der Waals surface area contributed by atoms with Crippen LogP contribution in [0.1, 0.15) is 40.7 Å². The van der Waals surface area contributed by atoms with Crippen LogP contribution in [0.15, 0.2) is 71.3 Å². The van der Waals surface area contributed by atoms with Crippen molar-refractivity contribution in [1.82, 2.24) is 20.5 Å². The highest BCUT2D eigenvalue weighted by molar-refractivity contribution is 5.94. The smallest absolute Gasteiger partial charge is 0.251 e. The molecule has 1 aliphatic heterocycles. The SMILES string of the molecule is Cc1ccccc1-c1nnc(-c2ccc(C(=O)NCc3cccnc3N3CCCCC3)cc2)o1. The van der Waals surface area contributed by atoms with Crippen molar-refractivity contribution in [2.45, 2.75) is 32.7 Å². The van der Waals surface area contributed by atoms with Gasteiger partial charge >= 0.3 is 0 Å². The Bertz CT molecular complexity index is 1280. The molecule has 3 heterocycles. The van der Waals surface area contributed by atoms with Crippen LogP contribution in [0.3, 0.4) is 0 Å². The minimum atomic E-state index is -0.133. The van der Waals surface area contributed by atoms with Crippen LogP contribution in [0, 0.1) is 6.92 Å². The van der Waals surface area contributed by atoms with Gasteiger partial charge in [-0.1, -0.05) is 24.3 Å². The molecule has 4 aromatic rings. The molecule has 0 aliphatic carbocycles. The molecule has 2 aromatic carbocycles. The summed E-state index contributed by atoms with van der Waals surface area (Å²) in [5.41, 5.74) is 4.36. The van der Waals surface area contributed by atoms with Gasteiger partial charge in [-0.05, 0) is 68.1 Å². The third kappa shape index (κ3) is 4.69. The number of carbonyl (C=O) groups excluding carboxylic acids is 1. The lowest BCUT2D eigenvalue weighted by atomic mass is 10.1. The topological polar surface area (TPSA) is 84.2 Å². The quantitative estimate of drug-likeness (QED) is 0.441. The second-order valence-corrected chi connectivity index (χ2v) is 8.52. The molecular weight excluding hydrogens is 426 g/mol. The van der Waals surface area contributed by atoms with E-state index in [1.807, 2.05) is 61.7 Å². The number of aromatic nitrogens is 3. The summed E-state index contributed by atoms with van der Waals surface area (Å²) in [5.74, 6) is 1.74. The largest absolute Gasteiger partial charge is 0.416 e. The number of hydrogen-bond donors (Lipinski definition) is 1. The maximum atomic E-state index is 12.8. The molecule has 0 radical (unpaired) electrons. The van der Waals surface area contributed by atoms with Gasteiger partial charge in [0.1, 0.15) is 5.82 Å². The zero-order valence-corrected chi connectivity index (χ0v) is 19.2. The molecule has 172 valence electrons. The fourth-order valence-electron chi connectivity index (χ4n) is 4.26. The van der Waals surface area contributed by atoms with Crippen LogP contribution in [0.4, 0.5) is 5.82 Å². The van der Waals surface area contributed by atoms with Crippen molar-refractivity contribution >= 4 is 11.7 Å². The Balaban J connectivity index is 1.25. The Hall–Kier alpha value is -4.00. The molecule has 1 amide bonds. The Morgan fingerprint density at radius 1 is 0.941 bits per heavy atom. The Morgan fingerprint density at radius 3 is 2.50 bits per heavy atom. The van der Waals surface area contributed by atoms with Crippen molar-refractivity contribution in [2.24, 2.45) is 0 Å². The molecule has 0 atom stereocenters. The third-order valence-corrected chi connectivity index (χ3v) is 6.16. The van der Waals surface area contributed by atoms with Gasteiger partial charge in [-0.2, -0.15) is 0 Å². The standard InChI is InChI=1S/C27H27N5O2/c1-19-8-3-4-10-23(19)27-31-30-26(34-27)21-13-11-20(12-14-21)25(33)29-18-22-9-7-15-28-24(22)32-16-5-2-6-17-32/h3-4,7-15H,2,5-6,16-18H2,1H3,(H,29,33). The number of benzene rings is 2. The Morgan fingerprint density at radius 2 is 1.71 bits per heavy atom. The van der Waals surface area contributed by atoms with E-state index in [1.54, 1.807) is 12.1 Å². The number of carbonyl (C=O) groups is 1. The van der Waals surface area contributed by atoms with E-state index in [4.69, 9.17) is 4.42 Å². The molecule has 5 rings (SSSR count). The van der Waals surface area contributed by atoms with Crippen molar-refractivity contribution in [3.63, 3.8) is 0 Å². The first-order chi connectivity index (χ1) is 16.7. The predicted molar refractivity (Wildman–Crippen MR) is 131 cm³/mol. The number of rotatable bonds is 6. The lowest BCUT2D eigenvalue weighted by Gasteiger charge is -2.29. The van der Waals surface area contributed by atoms with Crippen molar-refractivity contribution in [2.75, 3.05) is 18.0 Å². The van der Waals surface area contributed by atoms with E-state index in [1.165, 1.54) is 19.3 Å². The summed E-state index contributed by atoms with van der Waals surface area (Å²) < 4.78 is 5.88. The van der Waals surface area contributed by atoms with Crippen LogP contribution in [0.2, 0.25) is 0 Å². The van der Waals surface area contributed by atoms with Gasteiger partial charge in [-0.25, -0.2) is 4.98 Å². The van der Waals surface area contributed by atoms with E-state index in [9.17, 15) is 4.79 Å². The first-order valence-electron chi connectivity index (χ1n) is 11.7. The molecule has 7 heteroatoms. The molecule has 1 N–H and O–H groups in total. The monoisotopic (exact) mass is 453 g/mol. The summed E-state index contributed by atoms with van der Waals surface area (Å²) in [6.45, 7) is 4.47. The van der Waals surface area contributed by atoms with Crippen LogP contribution >= 0.6 is 0 Å². The van der Waals surface area contributed by atoms with Crippen molar-refractivity contribution in [1.29, 1.82) is 0 Å². The van der Waals surface area contributed by atoms with Crippen LogP contribution < -0.4 is 10.2 Å². The number of nitrogens with zero attached hydrogens (tertiary/aromatic N) is 4. The average molecular weight is 454 g/mol. The van der Waals surface area contributed by atoms with E-state index in [0.717, 1.165) is 41.2 Å². The zero-order valence-electron chi connectivity index (χ0n) is 19.2. The first-order valence-corrected chi connectivity index (χ1v) is 11.7.